The molecule has 2 aliphatic rings. The van der Waals surface area contributed by atoms with Crippen LogP contribution in [-0.4, -0.2) is 28.7 Å². The molecule has 3 heteroatoms. The number of amides is 1. The van der Waals surface area contributed by atoms with E-state index < -0.39 is 0 Å². The van der Waals surface area contributed by atoms with E-state index in [9.17, 15) is 9.59 Å². The van der Waals surface area contributed by atoms with E-state index in [-0.39, 0.29) is 23.8 Å². The smallest absolute Gasteiger partial charge is 0.220 e. The van der Waals surface area contributed by atoms with Gasteiger partial charge in [-0.1, -0.05) is 18.2 Å². The third kappa shape index (κ3) is 2.33. The van der Waals surface area contributed by atoms with Crippen LogP contribution in [0.5, 0.6) is 0 Å². The molecule has 0 spiro atoms. The van der Waals surface area contributed by atoms with Crippen molar-refractivity contribution in [1.29, 1.82) is 0 Å². The molecule has 1 aliphatic heterocycles. The van der Waals surface area contributed by atoms with Crippen molar-refractivity contribution >= 4 is 11.7 Å². The molecule has 0 aromatic heterocycles. The molecule has 1 heterocycles. The average molecular weight is 233 g/mol. The molecule has 0 aromatic carbocycles. The Morgan fingerprint density at radius 3 is 2.59 bits per heavy atom. The summed E-state index contributed by atoms with van der Waals surface area (Å²) in [5.74, 6) is 0.123. The van der Waals surface area contributed by atoms with Crippen molar-refractivity contribution in [2.75, 3.05) is 0 Å². The van der Waals surface area contributed by atoms with Gasteiger partial charge in [-0.3, -0.25) is 9.59 Å². The Balaban J connectivity index is 2.23. The first kappa shape index (κ1) is 12.1. The molecule has 3 nitrogen and oxygen atoms in total. The highest BCUT2D eigenvalue weighted by Gasteiger charge is 2.39. The molecule has 0 bridgehead atoms. The van der Waals surface area contributed by atoms with E-state index in [4.69, 9.17) is 0 Å². The zero-order chi connectivity index (χ0) is 12.4. The highest BCUT2D eigenvalue weighted by atomic mass is 16.2. The minimum Gasteiger partial charge on any atom is -0.326 e. The molecular formula is C14H19NO2. The van der Waals surface area contributed by atoms with Gasteiger partial charge in [-0.05, 0) is 38.2 Å². The molecule has 0 aromatic rings. The maximum absolute atomic E-state index is 11.7. The molecule has 92 valence electrons. The third-order valence-corrected chi connectivity index (χ3v) is 3.69. The fraction of sp³-hybridized carbons (Fsp3) is 0.571. The lowest BCUT2D eigenvalue weighted by atomic mass is 9.96. The molecule has 2 rings (SSSR count). The standard InChI is InChI=1S/C14H19NO2/c1-10(16)13-8-9-14(15(13)11(2)17)12-6-4-3-5-7-12/h3-4,6,13-14H,5,7-9H2,1-2H3/t13-,14?/m0/s1. The summed E-state index contributed by atoms with van der Waals surface area (Å²) >= 11 is 0. The van der Waals surface area contributed by atoms with Crippen LogP contribution in [-0.2, 0) is 9.59 Å². The van der Waals surface area contributed by atoms with Crippen LogP contribution in [0.2, 0.25) is 0 Å². The van der Waals surface area contributed by atoms with Crippen molar-refractivity contribution in [2.45, 2.75) is 51.6 Å². The molecule has 2 atom stereocenters. The summed E-state index contributed by atoms with van der Waals surface area (Å²) in [5, 5.41) is 0. The lowest BCUT2D eigenvalue weighted by Crippen LogP contribution is -2.43. The van der Waals surface area contributed by atoms with Gasteiger partial charge < -0.3 is 4.90 Å². The van der Waals surface area contributed by atoms with E-state index in [0.717, 1.165) is 25.7 Å². The summed E-state index contributed by atoms with van der Waals surface area (Å²) in [7, 11) is 0. The number of carbonyl (C=O) groups is 2. The molecule has 1 amide bonds. The summed E-state index contributed by atoms with van der Waals surface area (Å²) in [6, 6.07) is -0.0596. The van der Waals surface area contributed by atoms with Gasteiger partial charge >= 0.3 is 0 Å². The minimum atomic E-state index is -0.204. The molecule has 1 aliphatic carbocycles. The van der Waals surface area contributed by atoms with E-state index in [1.807, 2.05) is 0 Å². The van der Waals surface area contributed by atoms with Crippen molar-refractivity contribution in [3.63, 3.8) is 0 Å². The minimum absolute atomic E-state index is 0.0168. The predicted octanol–water partition coefficient (Wildman–Crippen LogP) is 2.23. The number of carbonyl (C=O) groups excluding carboxylic acids is 2. The van der Waals surface area contributed by atoms with Crippen molar-refractivity contribution < 1.29 is 9.59 Å². The number of likely N-dealkylation sites (tertiary alicyclic amines) is 1. The Labute approximate surface area is 102 Å². The van der Waals surface area contributed by atoms with Crippen LogP contribution >= 0.6 is 0 Å². The van der Waals surface area contributed by atoms with E-state index in [1.54, 1.807) is 18.7 Å². The number of ketones is 1. The molecule has 1 fully saturated rings. The van der Waals surface area contributed by atoms with Crippen LogP contribution in [0.4, 0.5) is 0 Å². The van der Waals surface area contributed by atoms with Crippen LogP contribution in [0.1, 0.15) is 39.5 Å². The second-order valence-corrected chi connectivity index (χ2v) is 4.85. The molecule has 17 heavy (non-hydrogen) atoms. The van der Waals surface area contributed by atoms with Crippen molar-refractivity contribution in [1.82, 2.24) is 4.90 Å². The van der Waals surface area contributed by atoms with E-state index in [0.29, 0.717) is 0 Å². The van der Waals surface area contributed by atoms with Crippen LogP contribution in [0, 0.1) is 0 Å². The van der Waals surface area contributed by atoms with E-state index >= 15 is 0 Å². The largest absolute Gasteiger partial charge is 0.326 e. The quantitative estimate of drug-likeness (QED) is 0.733. The van der Waals surface area contributed by atoms with Crippen LogP contribution in [0.25, 0.3) is 0 Å². The summed E-state index contributed by atoms with van der Waals surface area (Å²) < 4.78 is 0. The fourth-order valence-electron chi connectivity index (χ4n) is 2.91. The van der Waals surface area contributed by atoms with Crippen molar-refractivity contribution in [3.05, 3.63) is 23.8 Å². The monoisotopic (exact) mass is 233 g/mol. The molecule has 0 saturated carbocycles. The Hall–Kier alpha value is -1.38. The predicted molar refractivity (Wildman–Crippen MR) is 66.5 cm³/mol. The number of rotatable bonds is 2. The zero-order valence-electron chi connectivity index (χ0n) is 10.5. The van der Waals surface area contributed by atoms with E-state index in [2.05, 4.69) is 18.2 Å². The SMILES string of the molecule is CC(=O)[C@@H]1CCC(C2=CC=CCC2)N1C(C)=O. The summed E-state index contributed by atoms with van der Waals surface area (Å²) in [4.78, 5) is 25.1. The Kier molecular flexibility index (Phi) is 3.46. The first-order valence-electron chi connectivity index (χ1n) is 6.26. The van der Waals surface area contributed by atoms with Gasteiger partial charge in [0.1, 0.15) is 0 Å². The zero-order valence-corrected chi connectivity index (χ0v) is 10.5. The number of nitrogens with zero attached hydrogens (tertiary/aromatic N) is 1. The Bertz CT molecular complexity index is 395. The van der Waals surface area contributed by atoms with Gasteiger partial charge in [0, 0.05) is 6.92 Å². The summed E-state index contributed by atoms with van der Waals surface area (Å²) in [6.07, 6.45) is 10.1. The van der Waals surface area contributed by atoms with Crippen LogP contribution in [0.3, 0.4) is 0 Å². The summed E-state index contributed by atoms with van der Waals surface area (Å²) in [5.41, 5.74) is 1.30. The normalized spacial score (nSPS) is 28.1. The maximum Gasteiger partial charge on any atom is 0.220 e. The van der Waals surface area contributed by atoms with Crippen molar-refractivity contribution in [3.8, 4) is 0 Å². The lowest BCUT2D eigenvalue weighted by molar-refractivity contribution is -0.136. The van der Waals surface area contributed by atoms with Gasteiger partial charge in [-0.25, -0.2) is 0 Å². The van der Waals surface area contributed by atoms with Gasteiger partial charge in [0.15, 0.2) is 5.78 Å². The summed E-state index contributed by atoms with van der Waals surface area (Å²) in [6.45, 7) is 3.14. The van der Waals surface area contributed by atoms with Gasteiger partial charge in [0.05, 0.1) is 12.1 Å². The van der Waals surface area contributed by atoms with Crippen LogP contribution in [0.15, 0.2) is 23.8 Å². The highest BCUT2D eigenvalue weighted by Crippen LogP contribution is 2.32. The van der Waals surface area contributed by atoms with E-state index in [1.165, 1.54) is 5.57 Å². The van der Waals surface area contributed by atoms with Gasteiger partial charge in [-0.2, -0.15) is 0 Å². The molecule has 1 unspecified atom stereocenters. The topological polar surface area (TPSA) is 37.4 Å². The van der Waals surface area contributed by atoms with Crippen LogP contribution < -0.4 is 0 Å². The second kappa shape index (κ2) is 4.86. The van der Waals surface area contributed by atoms with Gasteiger partial charge in [0.25, 0.3) is 0 Å². The third-order valence-electron chi connectivity index (χ3n) is 3.69. The second-order valence-electron chi connectivity index (χ2n) is 4.85. The fourth-order valence-corrected chi connectivity index (χ4v) is 2.91. The van der Waals surface area contributed by atoms with Gasteiger partial charge in [0.2, 0.25) is 5.91 Å². The molecule has 0 radical (unpaired) electrons. The maximum atomic E-state index is 11.7. The Morgan fingerprint density at radius 2 is 2.06 bits per heavy atom. The highest BCUT2D eigenvalue weighted by molar-refractivity contribution is 5.87. The molecule has 1 saturated heterocycles. The Morgan fingerprint density at radius 1 is 1.29 bits per heavy atom. The van der Waals surface area contributed by atoms with Crippen molar-refractivity contribution in [2.24, 2.45) is 0 Å². The molecule has 0 N–H and O–H groups in total. The van der Waals surface area contributed by atoms with Gasteiger partial charge in [-0.15, -0.1) is 0 Å². The number of allylic oxidation sites excluding steroid dienone is 3. The molecular weight excluding hydrogens is 214 g/mol. The first-order chi connectivity index (χ1) is 8.11. The number of hydrogen-bond donors (Lipinski definition) is 0. The average Bonchev–Trinajstić information content (AvgIpc) is 2.74. The number of Topliss-reactive ketones (excluding diaryl/α,β-unsaturated/α-hetero) is 1. The first-order valence-corrected chi connectivity index (χ1v) is 6.26. The number of hydrogen-bond acceptors (Lipinski definition) is 2. The lowest BCUT2D eigenvalue weighted by Gasteiger charge is -2.30.